The minimum atomic E-state index is -0.107. The smallest absolute Gasteiger partial charge is 0.322 e. The molecule has 0 amide bonds. The summed E-state index contributed by atoms with van der Waals surface area (Å²) < 4.78 is 4.78. The highest BCUT2D eigenvalue weighted by molar-refractivity contribution is 5.76. The lowest BCUT2D eigenvalue weighted by atomic mass is 9.91. The summed E-state index contributed by atoms with van der Waals surface area (Å²) in [7, 11) is 3.69. The number of carbonyl (C=O) groups excluding carboxylic acids is 1. The van der Waals surface area contributed by atoms with Gasteiger partial charge in [0, 0.05) is 6.04 Å². The Morgan fingerprint density at radius 1 is 1.47 bits per heavy atom. The van der Waals surface area contributed by atoms with Gasteiger partial charge in [-0.1, -0.05) is 6.42 Å². The third-order valence-corrected chi connectivity index (χ3v) is 4.23. The Labute approximate surface area is 104 Å². The van der Waals surface area contributed by atoms with Gasteiger partial charge in [-0.15, -0.1) is 0 Å². The van der Waals surface area contributed by atoms with Crippen LogP contribution in [-0.2, 0) is 9.53 Å². The number of ether oxygens (including phenoxy) is 1. The fourth-order valence-electron chi connectivity index (χ4n) is 3.14. The standard InChI is InChI=1S/C13H24N2O2/c1-15-6-4-3-5-11(15)7-10-8-12(14-9-10)13(16)17-2/h10-12,14H,3-9H2,1-2H3. The molecule has 4 heteroatoms. The number of hydrogen-bond donors (Lipinski definition) is 1. The van der Waals surface area contributed by atoms with Crippen molar-refractivity contribution in [1.82, 2.24) is 10.2 Å². The van der Waals surface area contributed by atoms with E-state index in [1.807, 2.05) is 0 Å². The lowest BCUT2D eigenvalue weighted by Crippen LogP contribution is -2.37. The molecule has 2 fully saturated rings. The molecule has 0 radical (unpaired) electrons. The van der Waals surface area contributed by atoms with Gasteiger partial charge in [-0.05, 0) is 51.7 Å². The molecule has 2 rings (SSSR count). The number of esters is 1. The van der Waals surface area contributed by atoms with Gasteiger partial charge in [-0.2, -0.15) is 0 Å². The second-order valence-corrected chi connectivity index (χ2v) is 5.45. The number of methoxy groups -OCH3 is 1. The van der Waals surface area contributed by atoms with Crippen molar-refractivity contribution < 1.29 is 9.53 Å². The molecule has 3 unspecified atom stereocenters. The molecule has 17 heavy (non-hydrogen) atoms. The van der Waals surface area contributed by atoms with E-state index in [1.54, 1.807) is 0 Å². The van der Waals surface area contributed by atoms with E-state index in [9.17, 15) is 4.79 Å². The summed E-state index contributed by atoms with van der Waals surface area (Å²) in [5.41, 5.74) is 0. The highest BCUT2D eigenvalue weighted by Gasteiger charge is 2.32. The Balaban J connectivity index is 1.79. The molecular formula is C13H24N2O2. The summed E-state index contributed by atoms with van der Waals surface area (Å²) in [5.74, 6) is 0.522. The maximum atomic E-state index is 11.4. The van der Waals surface area contributed by atoms with Crippen LogP contribution in [0, 0.1) is 5.92 Å². The highest BCUT2D eigenvalue weighted by Crippen LogP contribution is 2.26. The van der Waals surface area contributed by atoms with Crippen LogP contribution in [0.25, 0.3) is 0 Å². The molecule has 0 spiro atoms. The molecule has 4 nitrogen and oxygen atoms in total. The van der Waals surface area contributed by atoms with Crippen molar-refractivity contribution in [1.29, 1.82) is 0 Å². The van der Waals surface area contributed by atoms with E-state index in [4.69, 9.17) is 4.74 Å². The first-order chi connectivity index (χ1) is 8.20. The van der Waals surface area contributed by atoms with Gasteiger partial charge < -0.3 is 15.0 Å². The van der Waals surface area contributed by atoms with Gasteiger partial charge in [0.1, 0.15) is 6.04 Å². The van der Waals surface area contributed by atoms with E-state index in [0.29, 0.717) is 12.0 Å². The van der Waals surface area contributed by atoms with E-state index >= 15 is 0 Å². The molecule has 3 atom stereocenters. The summed E-state index contributed by atoms with van der Waals surface area (Å²) in [4.78, 5) is 13.9. The Morgan fingerprint density at radius 2 is 2.29 bits per heavy atom. The molecule has 0 aliphatic carbocycles. The first-order valence-electron chi connectivity index (χ1n) is 6.72. The third-order valence-electron chi connectivity index (χ3n) is 4.23. The van der Waals surface area contributed by atoms with Crippen LogP contribution < -0.4 is 5.32 Å². The maximum absolute atomic E-state index is 11.4. The molecule has 2 aliphatic rings. The van der Waals surface area contributed by atoms with Crippen molar-refractivity contribution in [3.05, 3.63) is 0 Å². The second-order valence-electron chi connectivity index (χ2n) is 5.45. The quantitative estimate of drug-likeness (QED) is 0.748. The summed E-state index contributed by atoms with van der Waals surface area (Å²) in [5, 5.41) is 3.27. The van der Waals surface area contributed by atoms with Gasteiger partial charge in [0.2, 0.25) is 0 Å². The summed E-state index contributed by atoms with van der Waals surface area (Å²) in [6, 6.07) is 0.644. The summed E-state index contributed by atoms with van der Waals surface area (Å²) >= 11 is 0. The van der Waals surface area contributed by atoms with Crippen LogP contribution in [0.4, 0.5) is 0 Å². The molecule has 1 N–H and O–H groups in total. The Morgan fingerprint density at radius 3 is 3.00 bits per heavy atom. The fourth-order valence-corrected chi connectivity index (χ4v) is 3.14. The number of nitrogens with one attached hydrogen (secondary N) is 1. The van der Waals surface area contributed by atoms with Gasteiger partial charge >= 0.3 is 5.97 Å². The first kappa shape index (κ1) is 12.8. The zero-order valence-electron chi connectivity index (χ0n) is 10.9. The Hall–Kier alpha value is -0.610. The largest absolute Gasteiger partial charge is 0.468 e. The van der Waals surface area contributed by atoms with Crippen LogP contribution in [-0.4, -0.2) is 50.2 Å². The zero-order valence-corrected chi connectivity index (χ0v) is 10.9. The number of carbonyl (C=O) groups is 1. The topological polar surface area (TPSA) is 41.6 Å². The average molecular weight is 240 g/mol. The van der Waals surface area contributed by atoms with Crippen LogP contribution >= 0.6 is 0 Å². The lowest BCUT2D eigenvalue weighted by molar-refractivity contribution is -0.142. The second kappa shape index (κ2) is 5.83. The van der Waals surface area contributed by atoms with E-state index in [1.165, 1.54) is 39.3 Å². The highest BCUT2D eigenvalue weighted by atomic mass is 16.5. The van der Waals surface area contributed by atoms with Gasteiger partial charge in [0.05, 0.1) is 7.11 Å². The molecule has 98 valence electrons. The number of likely N-dealkylation sites (tertiary alicyclic amines) is 1. The minimum Gasteiger partial charge on any atom is -0.468 e. The van der Waals surface area contributed by atoms with Gasteiger partial charge in [0.25, 0.3) is 0 Å². The number of hydrogen-bond acceptors (Lipinski definition) is 4. The molecule has 0 aromatic rings. The summed E-state index contributed by atoms with van der Waals surface area (Å²) in [6.07, 6.45) is 6.17. The van der Waals surface area contributed by atoms with E-state index in [0.717, 1.165) is 13.0 Å². The van der Waals surface area contributed by atoms with Crippen molar-refractivity contribution in [2.24, 2.45) is 5.92 Å². The third kappa shape index (κ3) is 3.19. The van der Waals surface area contributed by atoms with E-state index in [2.05, 4.69) is 17.3 Å². The van der Waals surface area contributed by atoms with Crippen LogP contribution in [0.5, 0.6) is 0 Å². The number of rotatable bonds is 3. The fraction of sp³-hybridized carbons (Fsp3) is 0.923. The molecule has 0 bridgehead atoms. The normalized spacial score (nSPS) is 34.8. The predicted molar refractivity (Wildman–Crippen MR) is 66.8 cm³/mol. The average Bonchev–Trinajstić information content (AvgIpc) is 2.80. The molecule has 0 saturated carbocycles. The molecule has 2 saturated heterocycles. The number of nitrogens with zero attached hydrogens (tertiary/aromatic N) is 1. The monoisotopic (exact) mass is 240 g/mol. The van der Waals surface area contributed by atoms with Crippen LogP contribution in [0.15, 0.2) is 0 Å². The van der Waals surface area contributed by atoms with Crippen molar-refractivity contribution in [2.45, 2.75) is 44.2 Å². The zero-order chi connectivity index (χ0) is 12.3. The van der Waals surface area contributed by atoms with Crippen LogP contribution in [0.3, 0.4) is 0 Å². The van der Waals surface area contributed by atoms with Crippen LogP contribution in [0.2, 0.25) is 0 Å². The predicted octanol–water partition coefficient (Wildman–Crippen LogP) is 1.01. The Kier molecular flexibility index (Phi) is 4.40. The molecular weight excluding hydrogens is 216 g/mol. The first-order valence-corrected chi connectivity index (χ1v) is 6.72. The molecule has 2 aliphatic heterocycles. The SMILES string of the molecule is COC(=O)C1CC(CC2CCCCN2C)CN1. The van der Waals surface area contributed by atoms with Crippen LogP contribution in [0.1, 0.15) is 32.1 Å². The Bertz CT molecular complexity index is 270. The molecule has 2 heterocycles. The van der Waals surface area contributed by atoms with Crippen molar-refractivity contribution in [3.8, 4) is 0 Å². The van der Waals surface area contributed by atoms with E-state index in [-0.39, 0.29) is 12.0 Å². The van der Waals surface area contributed by atoms with Crippen molar-refractivity contribution >= 4 is 5.97 Å². The lowest BCUT2D eigenvalue weighted by Gasteiger charge is -2.34. The number of piperidine rings is 1. The van der Waals surface area contributed by atoms with Crippen molar-refractivity contribution in [2.75, 3.05) is 27.2 Å². The van der Waals surface area contributed by atoms with Gasteiger partial charge in [0.15, 0.2) is 0 Å². The molecule has 0 aromatic heterocycles. The van der Waals surface area contributed by atoms with E-state index < -0.39 is 0 Å². The minimum absolute atomic E-state index is 0.0705. The summed E-state index contributed by atoms with van der Waals surface area (Å²) in [6.45, 7) is 2.19. The van der Waals surface area contributed by atoms with Gasteiger partial charge in [-0.3, -0.25) is 4.79 Å². The molecule has 0 aromatic carbocycles. The van der Waals surface area contributed by atoms with Gasteiger partial charge in [-0.25, -0.2) is 0 Å². The maximum Gasteiger partial charge on any atom is 0.322 e. The van der Waals surface area contributed by atoms with Crippen molar-refractivity contribution in [3.63, 3.8) is 0 Å².